The molecule has 0 aliphatic carbocycles. The third kappa shape index (κ3) is 3.43. The maximum atomic E-state index is 12.1. The van der Waals surface area contributed by atoms with Crippen molar-refractivity contribution in [1.29, 1.82) is 0 Å². The number of hydrogen-bond acceptors (Lipinski definition) is 4. The van der Waals surface area contributed by atoms with Gasteiger partial charge in [-0.1, -0.05) is 13.8 Å². The summed E-state index contributed by atoms with van der Waals surface area (Å²) in [5, 5.41) is 15.5. The van der Waals surface area contributed by atoms with Gasteiger partial charge in [-0.05, 0) is 19.9 Å². The van der Waals surface area contributed by atoms with Crippen LogP contribution in [0.3, 0.4) is 0 Å². The number of hydrogen-bond donors (Lipinski definition) is 3. The number of likely N-dealkylation sites (N-methyl/N-ethyl adjacent to an activating group) is 1. The zero-order chi connectivity index (χ0) is 13.6. The van der Waals surface area contributed by atoms with Gasteiger partial charge >= 0.3 is 0 Å². The van der Waals surface area contributed by atoms with Crippen LogP contribution < -0.4 is 10.6 Å². The van der Waals surface area contributed by atoms with Gasteiger partial charge in [0.15, 0.2) is 0 Å². The number of ether oxygens (including phenoxy) is 1. The lowest BCUT2D eigenvalue weighted by molar-refractivity contribution is -0.126. The van der Waals surface area contributed by atoms with Crippen LogP contribution in [0.15, 0.2) is 0 Å². The molecule has 1 heterocycles. The molecule has 2 unspecified atom stereocenters. The fourth-order valence-corrected chi connectivity index (χ4v) is 2.28. The summed E-state index contributed by atoms with van der Waals surface area (Å²) >= 11 is 0. The number of amides is 1. The fraction of sp³-hybridized carbons (Fsp3) is 0.923. The molecule has 0 bridgehead atoms. The van der Waals surface area contributed by atoms with Gasteiger partial charge in [0.2, 0.25) is 5.91 Å². The van der Waals surface area contributed by atoms with Gasteiger partial charge in [-0.3, -0.25) is 4.79 Å². The highest BCUT2D eigenvalue weighted by atomic mass is 16.5. The molecular weight excluding hydrogens is 232 g/mol. The van der Waals surface area contributed by atoms with E-state index in [9.17, 15) is 9.90 Å². The molecule has 18 heavy (non-hydrogen) atoms. The van der Waals surface area contributed by atoms with Crippen LogP contribution >= 0.6 is 0 Å². The van der Waals surface area contributed by atoms with Crippen molar-refractivity contribution in [2.45, 2.75) is 32.7 Å². The highest BCUT2D eigenvalue weighted by molar-refractivity contribution is 5.79. The smallest absolute Gasteiger partial charge is 0.227 e. The molecule has 5 heteroatoms. The zero-order valence-electron chi connectivity index (χ0n) is 11.7. The van der Waals surface area contributed by atoms with Crippen LogP contribution in [-0.2, 0) is 9.53 Å². The monoisotopic (exact) mass is 258 g/mol. The van der Waals surface area contributed by atoms with Crippen molar-refractivity contribution in [3.8, 4) is 0 Å². The molecule has 1 saturated heterocycles. The highest BCUT2D eigenvalue weighted by Crippen LogP contribution is 2.24. The third-order valence-electron chi connectivity index (χ3n) is 4.26. The minimum absolute atomic E-state index is 0.0200. The van der Waals surface area contributed by atoms with E-state index in [2.05, 4.69) is 10.6 Å². The molecule has 0 aromatic heterocycles. The first kappa shape index (κ1) is 15.4. The van der Waals surface area contributed by atoms with Crippen LogP contribution in [0.4, 0.5) is 0 Å². The van der Waals surface area contributed by atoms with E-state index in [0.29, 0.717) is 19.8 Å². The number of nitrogens with one attached hydrogen (secondary N) is 2. The van der Waals surface area contributed by atoms with Crippen LogP contribution in [0.25, 0.3) is 0 Å². The summed E-state index contributed by atoms with van der Waals surface area (Å²) < 4.78 is 5.32. The van der Waals surface area contributed by atoms with Crippen LogP contribution in [0.5, 0.6) is 0 Å². The summed E-state index contributed by atoms with van der Waals surface area (Å²) in [7, 11) is 1.84. The van der Waals surface area contributed by atoms with Crippen molar-refractivity contribution in [3.05, 3.63) is 0 Å². The maximum absolute atomic E-state index is 12.1. The van der Waals surface area contributed by atoms with E-state index in [0.717, 1.165) is 12.8 Å². The predicted octanol–water partition coefficient (Wildman–Crippen LogP) is 0.136. The molecule has 0 spiro atoms. The summed E-state index contributed by atoms with van der Waals surface area (Å²) in [5.74, 6) is -0.105. The quantitative estimate of drug-likeness (QED) is 0.607. The van der Waals surface area contributed by atoms with Crippen molar-refractivity contribution in [2.75, 3.05) is 33.4 Å². The van der Waals surface area contributed by atoms with Gasteiger partial charge < -0.3 is 20.5 Å². The number of carbonyl (C=O) groups is 1. The normalized spacial score (nSPS) is 24.2. The Labute approximate surface area is 109 Å². The number of aliphatic hydroxyl groups excluding tert-OH is 1. The molecule has 0 aromatic carbocycles. The van der Waals surface area contributed by atoms with Crippen molar-refractivity contribution in [2.24, 2.45) is 11.3 Å². The molecule has 1 rings (SSSR count). The van der Waals surface area contributed by atoms with E-state index in [1.165, 1.54) is 0 Å². The van der Waals surface area contributed by atoms with Crippen LogP contribution in [0.1, 0.15) is 26.7 Å². The molecule has 3 N–H and O–H groups in total. The summed E-state index contributed by atoms with van der Waals surface area (Å²) in [5.41, 5.74) is -0.190. The SMILES string of the molecule is CCC(CC)(CO)CNC(=O)C1COCC1NC. The predicted molar refractivity (Wildman–Crippen MR) is 70.3 cm³/mol. The first-order chi connectivity index (χ1) is 8.62. The average molecular weight is 258 g/mol. The molecule has 0 radical (unpaired) electrons. The lowest BCUT2D eigenvalue weighted by atomic mass is 9.83. The van der Waals surface area contributed by atoms with Gasteiger partial charge in [0.05, 0.1) is 25.7 Å². The molecule has 0 saturated carbocycles. The van der Waals surface area contributed by atoms with E-state index >= 15 is 0 Å². The standard InChI is InChI=1S/C13H26N2O3/c1-4-13(5-2,9-16)8-15-12(17)10-6-18-7-11(10)14-3/h10-11,14,16H,4-9H2,1-3H3,(H,15,17). The molecule has 1 aliphatic rings. The van der Waals surface area contributed by atoms with Crippen LogP contribution in [0.2, 0.25) is 0 Å². The van der Waals surface area contributed by atoms with Crippen molar-refractivity contribution < 1.29 is 14.6 Å². The van der Waals surface area contributed by atoms with E-state index in [1.807, 2.05) is 20.9 Å². The van der Waals surface area contributed by atoms with E-state index in [4.69, 9.17) is 4.74 Å². The second-order valence-corrected chi connectivity index (χ2v) is 5.12. The second kappa shape index (κ2) is 7.07. The summed E-state index contributed by atoms with van der Waals surface area (Å²) in [6.07, 6.45) is 1.72. The van der Waals surface area contributed by atoms with Gasteiger partial charge in [0.25, 0.3) is 0 Å². The Kier molecular flexibility index (Phi) is 6.05. The lowest BCUT2D eigenvalue weighted by Crippen LogP contribution is -2.46. The molecule has 106 valence electrons. The Balaban J connectivity index is 2.49. The summed E-state index contributed by atoms with van der Waals surface area (Å²) in [6.45, 7) is 5.78. The Morgan fingerprint density at radius 3 is 2.56 bits per heavy atom. The topological polar surface area (TPSA) is 70.6 Å². The van der Waals surface area contributed by atoms with Crippen molar-refractivity contribution in [3.63, 3.8) is 0 Å². The average Bonchev–Trinajstić information content (AvgIpc) is 2.89. The first-order valence-electron chi connectivity index (χ1n) is 6.76. The molecule has 0 aromatic rings. The fourth-order valence-electron chi connectivity index (χ4n) is 2.28. The molecule has 1 aliphatic heterocycles. The summed E-state index contributed by atoms with van der Waals surface area (Å²) in [4.78, 5) is 12.1. The van der Waals surface area contributed by atoms with Crippen molar-refractivity contribution >= 4 is 5.91 Å². The maximum Gasteiger partial charge on any atom is 0.227 e. The lowest BCUT2D eigenvalue weighted by Gasteiger charge is -2.30. The van der Waals surface area contributed by atoms with Crippen molar-refractivity contribution in [1.82, 2.24) is 10.6 Å². The number of rotatable bonds is 7. The Morgan fingerprint density at radius 1 is 1.39 bits per heavy atom. The summed E-state index contributed by atoms with van der Waals surface area (Å²) in [6, 6.07) is 0.0942. The molecule has 1 fully saturated rings. The zero-order valence-corrected chi connectivity index (χ0v) is 11.7. The minimum Gasteiger partial charge on any atom is -0.396 e. The second-order valence-electron chi connectivity index (χ2n) is 5.12. The third-order valence-corrected chi connectivity index (χ3v) is 4.26. The molecule has 5 nitrogen and oxygen atoms in total. The van der Waals surface area contributed by atoms with Gasteiger partial charge in [0.1, 0.15) is 0 Å². The number of carbonyl (C=O) groups excluding carboxylic acids is 1. The Hall–Kier alpha value is -0.650. The van der Waals surface area contributed by atoms with Crippen LogP contribution in [-0.4, -0.2) is 50.5 Å². The number of aliphatic hydroxyl groups is 1. The Morgan fingerprint density at radius 2 is 2.06 bits per heavy atom. The molecule has 1 amide bonds. The molecule has 2 atom stereocenters. The largest absolute Gasteiger partial charge is 0.396 e. The first-order valence-corrected chi connectivity index (χ1v) is 6.76. The van der Waals surface area contributed by atoms with E-state index in [-0.39, 0.29) is 29.9 Å². The van der Waals surface area contributed by atoms with E-state index in [1.54, 1.807) is 0 Å². The van der Waals surface area contributed by atoms with Gasteiger partial charge in [-0.15, -0.1) is 0 Å². The van der Waals surface area contributed by atoms with Gasteiger partial charge in [-0.2, -0.15) is 0 Å². The minimum atomic E-state index is -0.190. The Bertz CT molecular complexity index is 259. The van der Waals surface area contributed by atoms with Gasteiger partial charge in [-0.25, -0.2) is 0 Å². The van der Waals surface area contributed by atoms with Crippen LogP contribution in [0, 0.1) is 11.3 Å². The van der Waals surface area contributed by atoms with E-state index < -0.39 is 0 Å². The van der Waals surface area contributed by atoms with Gasteiger partial charge in [0, 0.05) is 18.0 Å². The highest BCUT2D eigenvalue weighted by Gasteiger charge is 2.34. The molecular formula is C13H26N2O3.